The van der Waals surface area contributed by atoms with Gasteiger partial charge in [0.2, 0.25) is 0 Å². The van der Waals surface area contributed by atoms with E-state index in [4.69, 9.17) is 0 Å². The van der Waals surface area contributed by atoms with Crippen molar-refractivity contribution in [3.8, 4) is 0 Å². The summed E-state index contributed by atoms with van der Waals surface area (Å²) in [7, 11) is 0. The molecule has 2 saturated heterocycles. The summed E-state index contributed by atoms with van der Waals surface area (Å²) in [6, 6.07) is 11.2. The number of benzene rings is 2. The Morgan fingerprint density at radius 1 is 1.18 bits per heavy atom. The maximum Gasteiger partial charge on any atom is 0.264 e. The second-order valence-electron chi connectivity index (χ2n) is 7.18. The molecule has 0 bridgehead atoms. The third-order valence-electron chi connectivity index (χ3n) is 4.95. The Labute approximate surface area is 168 Å². The summed E-state index contributed by atoms with van der Waals surface area (Å²) in [5, 5.41) is 3.32. The zero-order valence-corrected chi connectivity index (χ0v) is 16.8. The first-order chi connectivity index (χ1) is 13.5. The second-order valence-corrected chi connectivity index (χ2v) is 8.21. The smallest absolute Gasteiger partial charge is 0.264 e. The van der Waals surface area contributed by atoms with Crippen LogP contribution in [0.4, 0.5) is 15.8 Å². The summed E-state index contributed by atoms with van der Waals surface area (Å²) in [6.07, 6.45) is 3.94. The van der Waals surface area contributed by atoms with E-state index in [-0.39, 0.29) is 11.7 Å². The number of aryl methyl sites for hydroxylation is 2. The van der Waals surface area contributed by atoms with Crippen LogP contribution in [0.1, 0.15) is 29.5 Å². The average molecular weight is 396 g/mol. The van der Waals surface area contributed by atoms with Gasteiger partial charge in [0.1, 0.15) is 5.82 Å². The van der Waals surface area contributed by atoms with E-state index in [2.05, 4.69) is 15.2 Å². The van der Waals surface area contributed by atoms with Crippen molar-refractivity contribution in [1.82, 2.24) is 5.32 Å². The number of hydrogen-bond donors (Lipinski definition) is 1. The van der Waals surface area contributed by atoms with E-state index in [9.17, 15) is 9.18 Å². The Morgan fingerprint density at radius 3 is 2.71 bits per heavy atom. The molecular weight excluding hydrogens is 373 g/mol. The Kier molecular flexibility index (Phi) is 5.22. The summed E-state index contributed by atoms with van der Waals surface area (Å²) in [5.41, 5.74) is 4.22. The van der Waals surface area contributed by atoms with Crippen LogP contribution in [0.3, 0.4) is 0 Å². The summed E-state index contributed by atoms with van der Waals surface area (Å²) < 4.78 is 14.7. The van der Waals surface area contributed by atoms with E-state index in [0.717, 1.165) is 48.3 Å². The van der Waals surface area contributed by atoms with Gasteiger partial charge in [-0.15, -0.1) is 0 Å². The highest BCUT2D eigenvalue weighted by Crippen LogP contribution is 2.32. The van der Waals surface area contributed by atoms with E-state index < -0.39 is 0 Å². The molecule has 2 aromatic carbocycles. The van der Waals surface area contributed by atoms with E-state index in [1.165, 1.54) is 17.8 Å². The van der Waals surface area contributed by atoms with E-state index in [0.29, 0.717) is 15.8 Å². The highest BCUT2D eigenvalue weighted by molar-refractivity contribution is 8.18. The fourth-order valence-electron chi connectivity index (χ4n) is 3.47. The maximum absolute atomic E-state index is 14.7. The third-order valence-corrected chi connectivity index (χ3v) is 5.86. The van der Waals surface area contributed by atoms with Gasteiger partial charge >= 0.3 is 0 Å². The lowest BCUT2D eigenvalue weighted by molar-refractivity contribution is -0.115. The quantitative estimate of drug-likeness (QED) is 0.749. The minimum atomic E-state index is -0.239. The minimum Gasteiger partial charge on any atom is -0.369 e. The fraction of sp³-hybridized carbons (Fsp3) is 0.273. The number of aliphatic imine (C=N–C) groups is 1. The monoisotopic (exact) mass is 395 g/mol. The lowest BCUT2D eigenvalue weighted by Crippen LogP contribution is -2.19. The number of nitrogens with zero attached hydrogens (tertiary/aromatic N) is 2. The molecule has 0 unspecified atom stereocenters. The Morgan fingerprint density at radius 2 is 1.96 bits per heavy atom. The average Bonchev–Trinajstić information content (AvgIpc) is 3.28. The van der Waals surface area contributed by atoms with Crippen molar-refractivity contribution in [2.45, 2.75) is 26.7 Å². The largest absolute Gasteiger partial charge is 0.369 e. The molecule has 0 aliphatic carbocycles. The van der Waals surface area contributed by atoms with Crippen LogP contribution in [0, 0.1) is 19.7 Å². The molecule has 2 fully saturated rings. The van der Waals surface area contributed by atoms with Gasteiger partial charge in [-0.3, -0.25) is 4.79 Å². The zero-order valence-electron chi connectivity index (χ0n) is 16.0. The van der Waals surface area contributed by atoms with Crippen molar-refractivity contribution < 1.29 is 9.18 Å². The van der Waals surface area contributed by atoms with Crippen molar-refractivity contribution in [2.75, 3.05) is 18.0 Å². The van der Waals surface area contributed by atoms with Crippen LogP contribution in [-0.4, -0.2) is 24.2 Å². The molecule has 144 valence electrons. The molecule has 2 heterocycles. The van der Waals surface area contributed by atoms with Gasteiger partial charge < -0.3 is 10.2 Å². The van der Waals surface area contributed by atoms with Gasteiger partial charge in [0.25, 0.3) is 5.91 Å². The summed E-state index contributed by atoms with van der Waals surface area (Å²) in [4.78, 5) is 19.4. The van der Waals surface area contributed by atoms with Crippen molar-refractivity contribution in [3.05, 3.63) is 63.8 Å². The first kappa shape index (κ1) is 18.7. The summed E-state index contributed by atoms with van der Waals surface area (Å²) in [6.45, 7) is 5.74. The lowest BCUT2D eigenvalue weighted by atomic mass is 10.1. The standard InChI is InChI=1S/C22H22FN3OS/c1-14-6-5-7-17(10-14)24-22-25-21(27)20(28-22)13-16-12-18(23)19(11-15(16)2)26-8-3-4-9-26/h5-7,10-13H,3-4,8-9H2,1-2H3,(H,24,25,27)/b20-13-. The highest BCUT2D eigenvalue weighted by atomic mass is 32.2. The number of nitrogens with one attached hydrogen (secondary N) is 1. The number of carbonyl (C=O) groups is 1. The van der Waals surface area contributed by atoms with Crippen molar-refractivity contribution in [2.24, 2.45) is 4.99 Å². The third kappa shape index (κ3) is 3.97. The van der Waals surface area contributed by atoms with Gasteiger partial charge in [0, 0.05) is 13.1 Å². The Bertz CT molecular complexity index is 993. The SMILES string of the molecule is Cc1cccc(N=C2NC(=O)/C(=C/c3cc(F)c(N4CCCC4)cc3C)S2)c1. The predicted octanol–water partition coefficient (Wildman–Crippen LogP) is 4.93. The number of halogens is 1. The maximum atomic E-state index is 14.7. The van der Waals surface area contributed by atoms with Crippen molar-refractivity contribution in [3.63, 3.8) is 0 Å². The van der Waals surface area contributed by atoms with E-state index in [1.54, 1.807) is 6.08 Å². The Balaban J connectivity index is 1.59. The van der Waals surface area contributed by atoms with Gasteiger partial charge in [0.05, 0.1) is 16.3 Å². The normalized spacial score (nSPS) is 19.7. The molecule has 2 aromatic rings. The molecule has 4 rings (SSSR count). The summed E-state index contributed by atoms with van der Waals surface area (Å²) in [5.74, 6) is -0.448. The molecule has 4 nitrogen and oxygen atoms in total. The first-order valence-electron chi connectivity index (χ1n) is 9.41. The predicted molar refractivity (Wildman–Crippen MR) is 115 cm³/mol. The molecule has 2 aliphatic heterocycles. The number of amides is 1. The van der Waals surface area contributed by atoms with Crippen LogP contribution in [0.15, 0.2) is 46.3 Å². The van der Waals surface area contributed by atoms with E-state index >= 15 is 0 Å². The molecule has 0 atom stereocenters. The molecular formula is C22H22FN3OS. The van der Waals surface area contributed by atoms with Crippen LogP contribution in [0.5, 0.6) is 0 Å². The number of hydrogen-bond acceptors (Lipinski definition) is 4. The number of amidine groups is 1. The topological polar surface area (TPSA) is 44.7 Å². The van der Waals surface area contributed by atoms with Crippen LogP contribution >= 0.6 is 11.8 Å². The van der Waals surface area contributed by atoms with Crippen molar-refractivity contribution >= 4 is 40.3 Å². The van der Waals surface area contributed by atoms with E-state index in [1.807, 2.05) is 44.2 Å². The molecule has 1 amide bonds. The van der Waals surface area contributed by atoms with Crippen LogP contribution in [-0.2, 0) is 4.79 Å². The van der Waals surface area contributed by atoms with Gasteiger partial charge in [-0.2, -0.15) is 0 Å². The van der Waals surface area contributed by atoms with Crippen LogP contribution in [0.2, 0.25) is 0 Å². The van der Waals surface area contributed by atoms with Crippen LogP contribution < -0.4 is 10.2 Å². The minimum absolute atomic E-state index is 0.208. The molecule has 2 aliphatic rings. The molecule has 28 heavy (non-hydrogen) atoms. The molecule has 0 aromatic heterocycles. The second kappa shape index (κ2) is 7.80. The molecule has 6 heteroatoms. The van der Waals surface area contributed by atoms with Gasteiger partial charge in [0.15, 0.2) is 5.17 Å². The molecule has 0 saturated carbocycles. The summed E-state index contributed by atoms with van der Waals surface area (Å²) >= 11 is 1.28. The number of carbonyl (C=O) groups excluding carboxylic acids is 1. The number of rotatable bonds is 3. The molecule has 0 radical (unpaired) electrons. The lowest BCUT2D eigenvalue weighted by Gasteiger charge is -2.19. The molecule has 1 N–H and O–H groups in total. The Hall–Kier alpha value is -2.60. The van der Waals surface area contributed by atoms with Gasteiger partial charge in [-0.25, -0.2) is 9.38 Å². The van der Waals surface area contributed by atoms with Gasteiger partial charge in [-0.05, 0) is 85.5 Å². The number of thioether (sulfide) groups is 1. The zero-order chi connectivity index (χ0) is 19.7. The van der Waals surface area contributed by atoms with Gasteiger partial charge in [-0.1, -0.05) is 12.1 Å². The first-order valence-corrected chi connectivity index (χ1v) is 10.2. The van der Waals surface area contributed by atoms with Crippen LogP contribution in [0.25, 0.3) is 6.08 Å². The van der Waals surface area contributed by atoms with Crippen molar-refractivity contribution in [1.29, 1.82) is 0 Å². The molecule has 0 spiro atoms. The fourth-order valence-corrected chi connectivity index (χ4v) is 4.31. The number of anilines is 1. The highest BCUT2D eigenvalue weighted by Gasteiger charge is 2.24.